The molecule has 3 atom stereocenters. The zero-order valence-electron chi connectivity index (χ0n) is 12.8. The van der Waals surface area contributed by atoms with Gasteiger partial charge in [-0.05, 0) is 29.7 Å². The maximum absolute atomic E-state index is 12.9. The second-order valence-corrected chi connectivity index (χ2v) is 6.97. The Morgan fingerprint density at radius 2 is 1.96 bits per heavy atom. The molecule has 0 aromatic heterocycles. The van der Waals surface area contributed by atoms with Gasteiger partial charge in [0.2, 0.25) is 0 Å². The first kappa shape index (κ1) is 15.1. The molecule has 2 aliphatic heterocycles. The van der Waals surface area contributed by atoms with E-state index in [1.807, 2.05) is 53.5 Å². The lowest BCUT2D eigenvalue weighted by molar-refractivity contribution is 0.0834. The highest BCUT2D eigenvalue weighted by Crippen LogP contribution is 2.44. The fraction of sp³-hybridized carbons (Fsp3) is 0.211. The Balaban J connectivity index is 1.72. The molecule has 0 radical (unpaired) electrons. The van der Waals surface area contributed by atoms with Gasteiger partial charge in [-0.25, -0.2) is 0 Å². The van der Waals surface area contributed by atoms with Gasteiger partial charge in [-0.15, -0.1) is 0 Å². The third kappa shape index (κ3) is 2.35. The Labute approximate surface area is 148 Å². The lowest BCUT2D eigenvalue weighted by atomic mass is 9.91. The second-order valence-electron chi connectivity index (χ2n) is 6.06. The number of Topliss-reactive ketones (excluding diaryl/α,β-unsaturated/α-hetero) is 1. The van der Waals surface area contributed by atoms with Crippen molar-refractivity contribution >= 4 is 27.9 Å². The van der Waals surface area contributed by atoms with Crippen LogP contribution in [0.3, 0.4) is 0 Å². The predicted octanol–water partition coefficient (Wildman–Crippen LogP) is 3.93. The van der Waals surface area contributed by atoms with Gasteiger partial charge < -0.3 is 0 Å². The van der Waals surface area contributed by atoms with Crippen molar-refractivity contribution in [2.24, 2.45) is 11.0 Å². The summed E-state index contributed by atoms with van der Waals surface area (Å²) in [4.78, 5) is 12.9. The summed E-state index contributed by atoms with van der Waals surface area (Å²) in [7, 11) is 0. The molecular weight excluding hydrogens is 366 g/mol. The number of carbonyl (C=O) groups is 1. The number of halogens is 1. The van der Waals surface area contributed by atoms with Crippen LogP contribution in [0.4, 0.5) is 0 Å². The molecular formula is C19H14BrN3O. The Bertz CT molecular complexity index is 869. The van der Waals surface area contributed by atoms with Crippen LogP contribution in [-0.2, 0) is 0 Å². The van der Waals surface area contributed by atoms with Crippen molar-refractivity contribution in [2.45, 2.75) is 18.5 Å². The maximum atomic E-state index is 12.9. The fourth-order valence-electron chi connectivity index (χ4n) is 3.55. The van der Waals surface area contributed by atoms with Crippen LogP contribution in [0.1, 0.15) is 33.9 Å². The average molecular weight is 380 g/mol. The first-order valence-corrected chi connectivity index (χ1v) is 8.59. The van der Waals surface area contributed by atoms with Crippen LogP contribution in [0, 0.1) is 17.2 Å². The molecule has 0 unspecified atom stereocenters. The predicted molar refractivity (Wildman–Crippen MR) is 94.6 cm³/mol. The second kappa shape index (κ2) is 5.88. The molecule has 4 rings (SSSR count). The number of hydrogen-bond acceptors (Lipinski definition) is 4. The Kier molecular flexibility index (Phi) is 3.70. The van der Waals surface area contributed by atoms with Gasteiger partial charge in [0.05, 0.1) is 24.2 Å². The highest BCUT2D eigenvalue weighted by molar-refractivity contribution is 9.10. The Morgan fingerprint density at radius 3 is 2.71 bits per heavy atom. The summed E-state index contributed by atoms with van der Waals surface area (Å²) in [5.41, 5.74) is 2.75. The van der Waals surface area contributed by atoms with Crippen molar-refractivity contribution in [3.63, 3.8) is 0 Å². The van der Waals surface area contributed by atoms with E-state index in [-0.39, 0.29) is 17.7 Å². The Hall–Kier alpha value is -2.45. The first-order chi connectivity index (χ1) is 11.7. The summed E-state index contributed by atoms with van der Waals surface area (Å²) in [5, 5.41) is 15.9. The minimum Gasteiger partial charge on any atom is -0.292 e. The lowest BCUT2D eigenvalue weighted by Gasteiger charge is -2.31. The van der Waals surface area contributed by atoms with Gasteiger partial charge >= 0.3 is 0 Å². The summed E-state index contributed by atoms with van der Waals surface area (Å²) < 4.78 is 0.933. The molecule has 2 aromatic carbocycles. The maximum Gasteiger partial charge on any atom is 0.186 e. The molecule has 118 valence electrons. The van der Waals surface area contributed by atoms with Crippen molar-refractivity contribution in [1.82, 2.24) is 5.01 Å². The number of fused-ring (bicyclic) bond motifs is 3. The molecule has 0 saturated carbocycles. The minimum atomic E-state index is -0.398. The number of ketones is 1. The number of rotatable bonds is 2. The van der Waals surface area contributed by atoms with Crippen molar-refractivity contribution in [1.29, 1.82) is 5.26 Å². The van der Waals surface area contributed by atoms with Gasteiger partial charge in [0, 0.05) is 10.0 Å². The zero-order chi connectivity index (χ0) is 16.7. The van der Waals surface area contributed by atoms with E-state index in [1.165, 1.54) is 0 Å². The van der Waals surface area contributed by atoms with Crippen LogP contribution in [0.5, 0.6) is 0 Å². The van der Waals surface area contributed by atoms with E-state index in [1.54, 1.807) is 6.21 Å². The number of benzene rings is 2. The topological polar surface area (TPSA) is 56.5 Å². The smallest absolute Gasteiger partial charge is 0.186 e. The highest BCUT2D eigenvalue weighted by Gasteiger charge is 2.47. The number of carbonyl (C=O) groups excluding carboxylic acids is 1. The van der Waals surface area contributed by atoms with Crippen molar-refractivity contribution in [3.8, 4) is 6.07 Å². The molecule has 1 fully saturated rings. The molecule has 5 heteroatoms. The first-order valence-electron chi connectivity index (χ1n) is 7.79. The standard InChI is InChI=1S/C19H14BrN3O/c20-15-7-5-12(6-8-15)19(24)17-9-14(10-21)18-16-4-2-1-3-13(16)11-22-23(17)18/h1-8,11,14,17-18H,9H2/t14-,17+,18-/m0/s1. The molecule has 2 aliphatic rings. The fourth-order valence-corrected chi connectivity index (χ4v) is 3.82. The summed E-state index contributed by atoms with van der Waals surface area (Å²) in [6, 6.07) is 17.1. The lowest BCUT2D eigenvalue weighted by Crippen LogP contribution is -2.36. The molecule has 0 bridgehead atoms. The van der Waals surface area contributed by atoms with Gasteiger partial charge in [0.1, 0.15) is 6.04 Å². The van der Waals surface area contributed by atoms with E-state index in [0.717, 1.165) is 15.6 Å². The van der Waals surface area contributed by atoms with Gasteiger partial charge in [0.15, 0.2) is 5.78 Å². The normalized spacial score (nSPS) is 24.2. The van der Waals surface area contributed by atoms with Crippen molar-refractivity contribution < 1.29 is 4.79 Å². The van der Waals surface area contributed by atoms with Gasteiger partial charge in [-0.1, -0.05) is 52.3 Å². The van der Waals surface area contributed by atoms with Crippen LogP contribution in [0.15, 0.2) is 58.1 Å². The van der Waals surface area contributed by atoms with Gasteiger partial charge in [-0.2, -0.15) is 10.4 Å². The molecule has 24 heavy (non-hydrogen) atoms. The zero-order valence-corrected chi connectivity index (χ0v) is 14.3. The van der Waals surface area contributed by atoms with Gasteiger partial charge in [0.25, 0.3) is 0 Å². The molecule has 0 N–H and O–H groups in total. The molecule has 4 nitrogen and oxygen atoms in total. The van der Waals surface area contributed by atoms with E-state index < -0.39 is 6.04 Å². The summed E-state index contributed by atoms with van der Waals surface area (Å²) >= 11 is 3.38. The SMILES string of the molecule is N#C[C@@H]1C[C@H](C(=O)c2ccc(Br)cc2)N2N=Cc3ccccc3[C@H]12. The average Bonchev–Trinajstić information content (AvgIpc) is 3.01. The van der Waals surface area contributed by atoms with Crippen LogP contribution >= 0.6 is 15.9 Å². The van der Waals surface area contributed by atoms with Crippen LogP contribution in [0.25, 0.3) is 0 Å². The number of hydrazone groups is 1. The largest absolute Gasteiger partial charge is 0.292 e. The number of nitrogens with zero attached hydrogens (tertiary/aromatic N) is 3. The van der Waals surface area contributed by atoms with Crippen molar-refractivity contribution in [3.05, 3.63) is 69.7 Å². The van der Waals surface area contributed by atoms with Crippen LogP contribution in [-0.4, -0.2) is 23.0 Å². The molecule has 0 spiro atoms. The quantitative estimate of drug-likeness (QED) is 0.742. The van der Waals surface area contributed by atoms with Crippen molar-refractivity contribution in [2.75, 3.05) is 0 Å². The molecule has 0 aliphatic carbocycles. The van der Waals surface area contributed by atoms with E-state index in [9.17, 15) is 10.1 Å². The number of nitriles is 1. The van der Waals surface area contributed by atoms with Gasteiger partial charge in [-0.3, -0.25) is 9.80 Å². The molecule has 2 aromatic rings. The van der Waals surface area contributed by atoms with E-state index >= 15 is 0 Å². The monoisotopic (exact) mass is 379 g/mol. The highest BCUT2D eigenvalue weighted by atomic mass is 79.9. The third-order valence-electron chi connectivity index (χ3n) is 4.70. The van der Waals surface area contributed by atoms with E-state index in [2.05, 4.69) is 27.1 Å². The number of hydrogen-bond donors (Lipinski definition) is 0. The van der Waals surface area contributed by atoms with E-state index in [0.29, 0.717) is 12.0 Å². The van der Waals surface area contributed by atoms with Crippen LogP contribution < -0.4 is 0 Å². The molecule has 0 amide bonds. The summed E-state index contributed by atoms with van der Waals surface area (Å²) in [5.74, 6) is -0.227. The minimum absolute atomic E-state index is 0.0155. The molecule has 2 heterocycles. The molecule has 1 saturated heterocycles. The summed E-state index contributed by atoms with van der Waals surface area (Å²) in [6.45, 7) is 0. The van der Waals surface area contributed by atoms with E-state index in [4.69, 9.17) is 0 Å². The third-order valence-corrected chi connectivity index (χ3v) is 5.23. The Morgan fingerprint density at radius 1 is 1.21 bits per heavy atom. The summed E-state index contributed by atoms with van der Waals surface area (Å²) in [6.07, 6.45) is 2.29. The van der Waals surface area contributed by atoms with Crippen LogP contribution in [0.2, 0.25) is 0 Å².